The average Bonchev–Trinajstić information content (AvgIpc) is 3.38. The van der Waals surface area contributed by atoms with Crippen LogP contribution in [0.15, 0.2) is 60.9 Å². The van der Waals surface area contributed by atoms with Gasteiger partial charge < -0.3 is 5.32 Å². The van der Waals surface area contributed by atoms with E-state index in [1.165, 1.54) is 29.2 Å². The number of nitrogens with one attached hydrogen (secondary N) is 1. The van der Waals surface area contributed by atoms with E-state index in [1.807, 2.05) is 0 Å². The van der Waals surface area contributed by atoms with Gasteiger partial charge in [0.05, 0.1) is 18.0 Å². The molecule has 1 amide bonds. The zero-order valence-electron chi connectivity index (χ0n) is 17.4. The number of nitrogens with zero attached hydrogens (tertiary/aromatic N) is 5. The van der Waals surface area contributed by atoms with Gasteiger partial charge in [0.1, 0.15) is 18.2 Å². The van der Waals surface area contributed by atoms with Crippen LogP contribution in [0.25, 0.3) is 0 Å². The van der Waals surface area contributed by atoms with Gasteiger partial charge in [-0.05, 0) is 36.8 Å². The molecule has 0 bridgehead atoms. The number of rotatable bonds is 7. The van der Waals surface area contributed by atoms with E-state index in [0.29, 0.717) is 28.5 Å². The summed E-state index contributed by atoms with van der Waals surface area (Å²) in [4.78, 5) is 22.9. The summed E-state index contributed by atoms with van der Waals surface area (Å²) in [6, 6.07) is 12.9. The second-order valence-corrected chi connectivity index (χ2v) is 7.74. The molecule has 4 aromatic rings. The van der Waals surface area contributed by atoms with Gasteiger partial charge in [0.2, 0.25) is 0 Å². The first-order chi connectivity index (χ1) is 15.8. The van der Waals surface area contributed by atoms with E-state index in [-0.39, 0.29) is 18.1 Å². The van der Waals surface area contributed by atoms with E-state index in [2.05, 4.69) is 15.5 Å². The van der Waals surface area contributed by atoms with Crippen LogP contribution in [0.5, 0.6) is 0 Å². The Bertz CT molecular complexity index is 1310. The minimum atomic E-state index is -0.509. The minimum Gasteiger partial charge on any atom is -0.305 e. The van der Waals surface area contributed by atoms with Crippen molar-refractivity contribution in [3.05, 3.63) is 104 Å². The van der Waals surface area contributed by atoms with Crippen molar-refractivity contribution < 1.29 is 14.1 Å². The predicted molar refractivity (Wildman–Crippen MR) is 120 cm³/mol. The number of hydrogen-bond acceptors (Lipinski definition) is 5. The molecule has 0 saturated heterocycles. The Labute approximate surface area is 192 Å². The first-order valence-electron chi connectivity index (χ1n) is 9.84. The van der Waals surface area contributed by atoms with Crippen molar-refractivity contribution in [3.8, 4) is 0 Å². The molecule has 4 rings (SSSR count). The van der Waals surface area contributed by atoms with E-state index in [0.717, 1.165) is 11.3 Å². The molecule has 0 aliphatic carbocycles. The molecule has 0 spiro atoms. The number of amides is 1. The summed E-state index contributed by atoms with van der Waals surface area (Å²) < 4.78 is 17.1. The van der Waals surface area contributed by atoms with Gasteiger partial charge >= 0.3 is 5.69 Å². The molecule has 0 radical (unpaired) electrons. The molecule has 11 heteroatoms. The predicted octanol–water partition coefficient (Wildman–Crippen LogP) is 4.44. The van der Waals surface area contributed by atoms with Gasteiger partial charge in [-0.3, -0.25) is 24.3 Å². The van der Waals surface area contributed by atoms with E-state index >= 15 is 0 Å². The monoisotopic (exact) mass is 468 g/mol. The van der Waals surface area contributed by atoms with Crippen LogP contribution in [0.2, 0.25) is 5.02 Å². The number of aromatic nitrogens is 4. The molecule has 2 aromatic carbocycles. The summed E-state index contributed by atoms with van der Waals surface area (Å²) in [5, 5.41) is 22.1. The highest BCUT2D eigenvalue weighted by Gasteiger charge is 2.14. The molecule has 9 nitrogen and oxygen atoms in total. The van der Waals surface area contributed by atoms with Gasteiger partial charge in [-0.25, -0.2) is 4.39 Å². The van der Waals surface area contributed by atoms with Crippen LogP contribution < -0.4 is 5.32 Å². The van der Waals surface area contributed by atoms with Crippen molar-refractivity contribution in [3.63, 3.8) is 0 Å². The van der Waals surface area contributed by atoms with Crippen LogP contribution in [0.4, 0.5) is 15.9 Å². The largest absolute Gasteiger partial charge is 0.307 e. The molecule has 0 aliphatic heterocycles. The van der Waals surface area contributed by atoms with Crippen molar-refractivity contribution >= 4 is 29.0 Å². The van der Waals surface area contributed by atoms with Crippen LogP contribution in [0.1, 0.15) is 27.2 Å². The number of carbonyl (C=O) groups is 1. The van der Waals surface area contributed by atoms with Crippen molar-refractivity contribution in [2.75, 3.05) is 5.32 Å². The molecule has 0 saturated carbocycles. The summed E-state index contributed by atoms with van der Waals surface area (Å²) in [6.45, 7) is 2.26. The first-order valence-corrected chi connectivity index (χ1v) is 10.2. The van der Waals surface area contributed by atoms with Crippen molar-refractivity contribution in [1.82, 2.24) is 19.6 Å². The third kappa shape index (κ3) is 5.07. The van der Waals surface area contributed by atoms with Gasteiger partial charge in [-0.1, -0.05) is 29.8 Å². The quantitative estimate of drug-likeness (QED) is 0.318. The summed E-state index contributed by atoms with van der Waals surface area (Å²) in [6.07, 6.45) is 2.52. The topological polar surface area (TPSA) is 108 Å². The second kappa shape index (κ2) is 9.21. The van der Waals surface area contributed by atoms with E-state index in [1.54, 1.807) is 48.0 Å². The van der Waals surface area contributed by atoms with Gasteiger partial charge in [0, 0.05) is 27.9 Å². The number of aryl methyl sites for hydroxylation is 1. The minimum absolute atomic E-state index is 0.0852. The zero-order chi connectivity index (χ0) is 23.5. The van der Waals surface area contributed by atoms with Gasteiger partial charge in [-0.15, -0.1) is 0 Å². The number of carbonyl (C=O) groups excluding carboxylic acids is 1. The normalized spacial score (nSPS) is 10.9. The van der Waals surface area contributed by atoms with Crippen LogP contribution in [-0.2, 0) is 13.1 Å². The fourth-order valence-corrected chi connectivity index (χ4v) is 3.46. The lowest BCUT2D eigenvalue weighted by Gasteiger charge is -2.08. The lowest BCUT2D eigenvalue weighted by Crippen LogP contribution is -2.13. The van der Waals surface area contributed by atoms with E-state index in [4.69, 9.17) is 11.6 Å². The maximum Gasteiger partial charge on any atom is 0.307 e. The van der Waals surface area contributed by atoms with E-state index < -0.39 is 10.7 Å². The van der Waals surface area contributed by atoms with Crippen LogP contribution in [0, 0.1) is 22.9 Å². The molecule has 0 aliphatic rings. The molecule has 1 N–H and O–H groups in total. The van der Waals surface area contributed by atoms with E-state index in [9.17, 15) is 19.3 Å². The molecule has 2 aromatic heterocycles. The molecule has 0 unspecified atom stereocenters. The van der Waals surface area contributed by atoms with Gasteiger partial charge in [0.25, 0.3) is 5.91 Å². The molecular formula is C22H18ClFN6O3. The Hall–Kier alpha value is -4.05. The SMILES string of the molecule is Cc1cc(NC(=O)c2ccc(Cn3cc([N+](=O)[O-])cn3)cc2)nn1Cc1c(F)cccc1Cl. The Morgan fingerprint density at radius 3 is 2.64 bits per heavy atom. The fraction of sp³-hybridized carbons (Fsp3) is 0.136. The van der Waals surface area contributed by atoms with Crippen molar-refractivity contribution in [1.29, 1.82) is 0 Å². The third-order valence-electron chi connectivity index (χ3n) is 4.98. The Kier molecular flexibility index (Phi) is 6.18. The van der Waals surface area contributed by atoms with Crippen molar-refractivity contribution in [2.45, 2.75) is 20.0 Å². The molecule has 2 heterocycles. The highest BCUT2D eigenvalue weighted by Crippen LogP contribution is 2.21. The molecule has 168 valence electrons. The first kappa shape index (κ1) is 22.2. The highest BCUT2D eigenvalue weighted by atomic mass is 35.5. The fourth-order valence-electron chi connectivity index (χ4n) is 3.23. The number of anilines is 1. The van der Waals surface area contributed by atoms with Crippen LogP contribution >= 0.6 is 11.6 Å². The highest BCUT2D eigenvalue weighted by molar-refractivity contribution is 6.31. The maximum atomic E-state index is 14.1. The van der Waals surface area contributed by atoms with Crippen LogP contribution in [-0.4, -0.2) is 30.4 Å². The molecule has 0 fully saturated rings. The van der Waals surface area contributed by atoms with Gasteiger partial charge in [0.15, 0.2) is 5.82 Å². The molecule has 33 heavy (non-hydrogen) atoms. The molecule has 0 atom stereocenters. The third-order valence-corrected chi connectivity index (χ3v) is 5.34. The Balaban J connectivity index is 1.42. The second-order valence-electron chi connectivity index (χ2n) is 7.33. The van der Waals surface area contributed by atoms with Crippen LogP contribution in [0.3, 0.4) is 0 Å². The van der Waals surface area contributed by atoms with Gasteiger partial charge in [-0.2, -0.15) is 10.2 Å². The Morgan fingerprint density at radius 1 is 1.21 bits per heavy atom. The van der Waals surface area contributed by atoms with Crippen molar-refractivity contribution in [2.24, 2.45) is 0 Å². The number of halogens is 2. The lowest BCUT2D eigenvalue weighted by atomic mass is 10.1. The Morgan fingerprint density at radius 2 is 1.97 bits per heavy atom. The zero-order valence-corrected chi connectivity index (χ0v) is 18.2. The number of benzene rings is 2. The molecular weight excluding hydrogens is 451 g/mol. The summed E-state index contributed by atoms with van der Waals surface area (Å²) >= 11 is 6.10. The average molecular weight is 469 g/mol. The standard InChI is InChI=1S/C22H18ClFN6O3/c1-14-9-21(27-29(14)13-18-19(23)3-2-4-20(18)24)26-22(31)16-7-5-15(6-8-16)11-28-12-17(10-25-28)30(32)33/h2-10,12H,11,13H2,1H3,(H,26,27,31). The summed E-state index contributed by atoms with van der Waals surface area (Å²) in [5.74, 6) is -0.449. The lowest BCUT2D eigenvalue weighted by molar-refractivity contribution is -0.385. The summed E-state index contributed by atoms with van der Waals surface area (Å²) in [5.41, 5.74) is 2.20. The number of hydrogen-bond donors (Lipinski definition) is 1. The summed E-state index contributed by atoms with van der Waals surface area (Å²) in [7, 11) is 0. The smallest absolute Gasteiger partial charge is 0.305 e. The maximum absolute atomic E-state index is 14.1. The number of nitro groups is 1.